The lowest BCUT2D eigenvalue weighted by atomic mass is 9.97. The number of halogens is 1. The van der Waals surface area contributed by atoms with Crippen LogP contribution >= 0.6 is 22.9 Å². The number of nitrogens with zero attached hydrogens (tertiary/aromatic N) is 4. The van der Waals surface area contributed by atoms with Gasteiger partial charge in [-0.05, 0) is 41.1 Å². The minimum absolute atomic E-state index is 0.326. The monoisotopic (exact) mass is 476 g/mol. The van der Waals surface area contributed by atoms with Gasteiger partial charge in [-0.1, -0.05) is 68.4 Å². The molecule has 0 radical (unpaired) electrons. The van der Waals surface area contributed by atoms with E-state index in [1.807, 2.05) is 0 Å². The standard InChI is InChI=1S/C27H29ClN4S/c1-18(2)21-9-11-22(12-10-21)23-19(3)33-26-24(23)25(29-27(28)30-26)32-15-13-31(14-16-32)17-20-7-5-4-6-8-20/h4-12,18H,13-17H2,1-3H3. The van der Waals surface area contributed by atoms with Crippen LogP contribution in [0.2, 0.25) is 5.28 Å². The van der Waals surface area contributed by atoms with Gasteiger partial charge in [0.05, 0.1) is 5.39 Å². The Bertz CT molecular complexity index is 1240. The smallest absolute Gasteiger partial charge is 0.225 e. The number of hydrogen-bond donors (Lipinski definition) is 0. The number of hydrogen-bond acceptors (Lipinski definition) is 5. The first-order valence-electron chi connectivity index (χ1n) is 11.6. The molecule has 33 heavy (non-hydrogen) atoms. The van der Waals surface area contributed by atoms with Crippen molar-refractivity contribution in [3.05, 3.63) is 75.9 Å². The van der Waals surface area contributed by atoms with Crippen molar-refractivity contribution in [3.63, 3.8) is 0 Å². The fourth-order valence-corrected chi connectivity index (χ4v) is 5.89. The molecule has 170 valence electrons. The maximum atomic E-state index is 6.39. The van der Waals surface area contributed by atoms with Gasteiger partial charge in [-0.25, -0.2) is 4.98 Å². The summed E-state index contributed by atoms with van der Waals surface area (Å²) in [7, 11) is 0. The molecular weight excluding hydrogens is 448 g/mol. The number of fused-ring (bicyclic) bond motifs is 1. The molecule has 6 heteroatoms. The van der Waals surface area contributed by atoms with E-state index in [9.17, 15) is 0 Å². The average molecular weight is 477 g/mol. The number of benzene rings is 2. The van der Waals surface area contributed by atoms with Gasteiger partial charge in [0.2, 0.25) is 5.28 Å². The first-order chi connectivity index (χ1) is 16.0. The molecule has 5 rings (SSSR count). The zero-order valence-corrected chi connectivity index (χ0v) is 21.0. The summed E-state index contributed by atoms with van der Waals surface area (Å²) in [5, 5.41) is 1.46. The van der Waals surface area contributed by atoms with Crippen LogP contribution in [0, 0.1) is 6.92 Å². The SMILES string of the molecule is Cc1sc2nc(Cl)nc(N3CCN(Cc4ccccc4)CC3)c2c1-c1ccc(C(C)C)cc1. The quantitative estimate of drug-likeness (QED) is 0.297. The van der Waals surface area contributed by atoms with Crippen molar-refractivity contribution in [2.24, 2.45) is 0 Å². The molecule has 0 aliphatic carbocycles. The summed E-state index contributed by atoms with van der Waals surface area (Å²) < 4.78 is 0. The third-order valence-corrected chi connectivity index (χ3v) is 7.64. The molecule has 0 saturated carbocycles. The number of rotatable bonds is 5. The van der Waals surface area contributed by atoms with E-state index in [0.717, 1.165) is 48.8 Å². The molecule has 1 aliphatic rings. The van der Waals surface area contributed by atoms with Crippen LogP contribution in [0.1, 0.15) is 35.8 Å². The largest absolute Gasteiger partial charge is 0.353 e. The highest BCUT2D eigenvalue weighted by Gasteiger charge is 2.25. The van der Waals surface area contributed by atoms with Gasteiger partial charge in [0, 0.05) is 43.2 Å². The minimum atomic E-state index is 0.326. The molecular formula is C27H29ClN4S. The van der Waals surface area contributed by atoms with E-state index >= 15 is 0 Å². The first-order valence-corrected chi connectivity index (χ1v) is 12.8. The number of piperazine rings is 1. The van der Waals surface area contributed by atoms with Gasteiger partial charge >= 0.3 is 0 Å². The van der Waals surface area contributed by atoms with Crippen LogP contribution in [-0.4, -0.2) is 41.0 Å². The summed E-state index contributed by atoms with van der Waals surface area (Å²) in [6, 6.07) is 19.6. The van der Waals surface area contributed by atoms with Crippen molar-refractivity contribution >= 4 is 39.0 Å². The predicted octanol–water partition coefficient (Wildman–Crippen LogP) is 6.77. The molecule has 0 spiro atoms. The topological polar surface area (TPSA) is 32.3 Å². The van der Waals surface area contributed by atoms with E-state index in [4.69, 9.17) is 16.6 Å². The Morgan fingerprint density at radius 2 is 1.64 bits per heavy atom. The van der Waals surface area contributed by atoms with Gasteiger partial charge in [0.25, 0.3) is 0 Å². The maximum absolute atomic E-state index is 6.39. The molecule has 4 nitrogen and oxygen atoms in total. The molecule has 0 bridgehead atoms. The van der Waals surface area contributed by atoms with E-state index in [0.29, 0.717) is 11.2 Å². The zero-order valence-electron chi connectivity index (χ0n) is 19.4. The summed E-state index contributed by atoms with van der Waals surface area (Å²) in [6.45, 7) is 11.5. The number of aryl methyl sites for hydroxylation is 1. The average Bonchev–Trinajstić information content (AvgIpc) is 3.15. The molecule has 1 saturated heterocycles. The second-order valence-corrected chi connectivity index (χ2v) is 10.6. The maximum Gasteiger partial charge on any atom is 0.225 e. The van der Waals surface area contributed by atoms with Crippen LogP contribution < -0.4 is 4.90 Å². The van der Waals surface area contributed by atoms with Crippen LogP contribution in [-0.2, 0) is 6.54 Å². The Balaban J connectivity index is 1.46. The molecule has 0 N–H and O–H groups in total. The number of thiophene rings is 1. The Kier molecular flexibility index (Phi) is 6.37. The lowest BCUT2D eigenvalue weighted by molar-refractivity contribution is 0.249. The molecule has 2 aromatic heterocycles. The summed E-state index contributed by atoms with van der Waals surface area (Å²) >= 11 is 8.10. The van der Waals surface area contributed by atoms with Crippen LogP contribution in [0.5, 0.6) is 0 Å². The number of anilines is 1. The molecule has 3 heterocycles. The highest BCUT2D eigenvalue weighted by Crippen LogP contribution is 2.42. The third kappa shape index (κ3) is 4.63. The van der Waals surface area contributed by atoms with Gasteiger partial charge in [0.1, 0.15) is 10.6 Å². The zero-order chi connectivity index (χ0) is 22.9. The Morgan fingerprint density at radius 1 is 0.939 bits per heavy atom. The van der Waals surface area contributed by atoms with Crippen LogP contribution in [0.15, 0.2) is 54.6 Å². The van der Waals surface area contributed by atoms with Crippen molar-refractivity contribution in [2.75, 3.05) is 31.1 Å². The van der Waals surface area contributed by atoms with Gasteiger partial charge in [-0.3, -0.25) is 4.90 Å². The van der Waals surface area contributed by atoms with E-state index in [2.05, 4.69) is 90.2 Å². The highest BCUT2D eigenvalue weighted by molar-refractivity contribution is 7.19. The summed E-state index contributed by atoms with van der Waals surface area (Å²) in [5.74, 6) is 1.49. The molecule has 4 aromatic rings. The Hall–Kier alpha value is -2.47. The first kappa shape index (κ1) is 22.3. The fraction of sp³-hybridized carbons (Fsp3) is 0.333. The molecule has 0 amide bonds. The summed E-state index contributed by atoms with van der Waals surface area (Å²) in [4.78, 5) is 16.5. The van der Waals surface area contributed by atoms with E-state index in [1.54, 1.807) is 11.3 Å². The lowest BCUT2D eigenvalue weighted by Gasteiger charge is -2.35. The molecule has 0 atom stereocenters. The molecule has 1 fully saturated rings. The van der Waals surface area contributed by atoms with Crippen LogP contribution in [0.3, 0.4) is 0 Å². The van der Waals surface area contributed by atoms with Crippen LogP contribution in [0.25, 0.3) is 21.3 Å². The second kappa shape index (κ2) is 9.41. The van der Waals surface area contributed by atoms with Crippen molar-refractivity contribution in [1.29, 1.82) is 0 Å². The third-order valence-electron chi connectivity index (χ3n) is 6.47. The molecule has 0 unspecified atom stereocenters. The van der Waals surface area contributed by atoms with Gasteiger partial charge < -0.3 is 4.90 Å². The van der Waals surface area contributed by atoms with Crippen molar-refractivity contribution in [2.45, 2.75) is 33.2 Å². The molecule has 1 aliphatic heterocycles. The van der Waals surface area contributed by atoms with Gasteiger partial charge in [-0.15, -0.1) is 11.3 Å². The Morgan fingerprint density at radius 3 is 2.30 bits per heavy atom. The molecule has 2 aromatic carbocycles. The normalized spacial score (nSPS) is 15.0. The van der Waals surface area contributed by atoms with E-state index < -0.39 is 0 Å². The van der Waals surface area contributed by atoms with E-state index in [-0.39, 0.29) is 0 Å². The summed E-state index contributed by atoms with van der Waals surface area (Å²) in [6.07, 6.45) is 0. The minimum Gasteiger partial charge on any atom is -0.353 e. The summed E-state index contributed by atoms with van der Waals surface area (Å²) in [5.41, 5.74) is 5.17. The Labute approximate surface area is 204 Å². The van der Waals surface area contributed by atoms with Gasteiger partial charge in [0.15, 0.2) is 0 Å². The number of aromatic nitrogens is 2. The van der Waals surface area contributed by atoms with Crippen LogP contribution in [0.4, 0.5) is 5.82 Å². The van der Waals surface area contributed by atoms with Gasteiger partial charge in [-0.2, -0.15) is 4.98 Å². The second-order valence-electron chi connectivity index (χ2n) is 9.06. The lowest BCUT2D eigenvalue weighted by Crippen LogP contribution is -2.46. The fourth-order valence-electron chi connectivity index (χ4n) is 4.64. The van der Waals surface area contributed by atoms with Crippen molar-refractivity contribution in [3.8, 4) is 11.1 Å². The predicted molar refractivity (Wildman–Crippen MR) is 141 cm³/mol. The highest BCUT2D eigenvalue weighted by atomic mass is 35.5. The van der Waals surface area contributed by atoms with Crippen molar-refractivity contribution < 1.29 is 0 Å². The van der Waals surface area contributed by atoms with Crippen molar-refractivity contribution in [1.82, 2.24) is 14.9 Å². The van der Waals surface area contributed by atoms with E-state index in [1.165, 1.54) is 27.1 Å².